The molecule has 1 aliphatic heterocycles. The molecule has 0 aromatic rings. The SMILES string of the molecule is CCCC/C=C\C/C=C\CCCCCCCC(=O)OCCCCC/C=C\C/C=C\CCCCCCCCCC(=O)NC(COC1OC(CO)C(O)C(O)C1O)C(O)/C=C/CC/C=C/CC/C=C/CCCCCCC. The van der Waals surface area contributed by atoms with E-state index >= 15 is 0 Å². The molecule has 7 unspecified atom stereocenters. The van der Waals surface area contributed by atoms with Crippen LogP contribution in [0.2, 0.25) is 0 Å². The number of hydrogen-bond acceptors (Lipinski definition) is 10. The minimum absolute atomic E-state index is 0.0494. The van der Waals surface area contributed by atoms with Gasteiger partial charge in [-0.15, -0.1) is 0 Å². The molecule has 1 fully saturated rings. The van der Waals surface area contributed by atoms with Crippen molar-refractivity contribution in [2.24, 2.45) is 0 Å². The van der Waals surface area contributed by atoms with Gasteiger partial charge in [0, 0.05) is 12.8 Å². The van der Waals surface area contributed by atoms with Crippen molar-refractivity contribution in [2.75, 3.05) is 19.8 Å². The van der Waals surface area contributed by atoms with Crippen molar-refractivity contribution in [3.05, 3.63) is 85.1 Å². The van der Waals surface area contributed by atoms with Crippen LogP contribution in [0.25, 0.3) is 0 Å². The normalized spacial score (nSPS) is 19.5. The maximum Gasteiger partial charge on any atom is 0.305 e. The molecule has 1 aliphatic rings. The minimum Gasteiger partial charge on any atom is -0.466 e. The third-order valence-corrected chi connectivity index (χ3v) is 13.4. The summed E-state index contributed by atoms with van der Waals surface area (Å²) < 4.78 is 16.7. The number of nitrogens with one attached hydrogen (secondary N) is 1. The lowest BCUT2D eigenvalue weighted by molar-refractivity contribution is -0.302. The molecular weight excluding hydrogens is 931 g/mol. The highest BCUT2D eigenvalue weighted by molar-refractivity contribution is 5.76. The zero-order valence-electron chi connectivity index (χ0n) is 46.8. The number of ether oxygens (including phenoxy) is 3. The Kier molecular flexibility index (Phi) is 48.3. The summed E-state index contributed by atoms with van der Waals surface area (Å²) in [7, 11) is 0. The molecule has 6 N–H and O–H groups in total. The molecule has 0 aromatic heterocycles. The standard InChI is InChI=1S/C63H109NO10/c1-3-5-7-9-11-13-15-17-22-25-29-33-37-41-45-49-56(66)55(54-73-63-62(71)61(70)60(69)57(53-65)74-63)64-58(67)50-46-42-38-34-30-26-23-20-19-21-24-28-32-36-40-44-48-52-72-59(68)51-47-43-39-35-31-27-18-16-14-12-10-8-6-4-2/h10,12,15-19,21,28-29,32-33,45,49,55-57,60-63,65-66,69-71H,3-9,11,13-14,20,22-27,30-31,34-44,46-48,50-54H2,1-2H3,(H,64,67)/b12-10-,17-15+,18-16-,21-19-,32-28-,33-29+,49-45+. The first kappa shape index (κ1) is 68.9. The Morgan fingerprint density at radius 1 is 0.500 bits per heavy atom. The molecule has 426 valence electrons. The Labute approximate surface area is 451 Å². The quantitative estimate of drug-likeness (QED) is 0.0195. The number of esters is 1. The molecule has 0 bridgehead atoms. The summed E-state index contributed by atoms with van der Waals surface area (Å²) in [6, 6.07) is -0.850. The summed E-state index contributed by atoms with van der Waals surface area (Å²) in [5.41, 5.74) is 0. The summed E-state index contributed by atoms with van der Waals surface area (Å²) in [4.78, 5) is 25.1. The van der Waals surface area contributed by atoms with E-state index in [4.69, 9.17) is 14.2 Å². The monoisotopic (exact) mass is 1040 g/mol. The molecule has 1 amide bonds. The Balaban J connectivity index is 2.18. The highest BCUT2D eigenvalue weighted by Gasteiger charge is 2.44. The Hall–Kier alpha value is -3.16. The first-order valence-corrected chi connectivity index (χ1v) is 29.9. The maximum atomic E-state index is 13.0. The van der Waals surface area contributed by atoms with Crippen LogP contribution in [-0.4, -0.2) is 100 Å². The van der Waals surface area contributed by atoms with Crippen LogP contribution in [0.5, 0.6) is 0 Å². The Morgan fingerprint density at radius 2 is 0.932 bits per heavy atom. The minimum atomic E-state index is -1.59. The van der Waals surface area contributed by atoms with Crippen LogP contribution in [0.3, 0.4) is 0 Å². The van der Waals surface area contributed by atoms with Crippen LogP contribution in [-0.2, 0) is 23.8 Å². The van der Waals surface area contributed by atoms with Gasteiger partial charge in [-0.2, -0.15) is 0 Å². The van der Waals surface area contributed by atoms with Crippen LogP contribution in [0.15, 0.2) is 85.1 Å². The van der Waals surface area contributed by atoms with Crippen molar-refractivity contribution < 1.29 is 49.3 Å². The topological polar surface area (TPSA) is 175 Å². The van der Waals surface area contributed by atoms with E-state index < -0.39 is 49.5 Å². The second-order valence-corrected chi connectivity index (χ2v) is 20.3. The Bertz CT molecular complexity index is 1500. The zero-order valence-corrected chi connectivity index (χ0v) is 46.8. The highest BCUT2D eigenvalue weighted by atomic mass is 16.7. The van der Waals surface area contributed by atoms with Crippen molar-refractivity contribution in [3.63, 3.8) is 0 Å². The van der Waals surface area contributed by atoms with Crippen LogP contribution < -0.4 is 5.32 Å². The van der Waals surface area contributed by atoms with Gasteiger partial charge in [-0.05, 0) is 122 Å². The van der Waals surface area contributed by atoms with Crippen molar-refractivity contribution in [1.82, 2.24) is 5.32 Å². The van der Waals surface area contributed by atoms with Crippen LogP contribution in [0.1, 0.15) is 239 Å². The summed E-state index contributed by atoms with van der Waals surface area (Å²) in [6.45, 7) is 4.19. The molecule has 1 saturated heterocycles. The third kappa shape index (κ3) is 41.1. The number of aliphatic hydroxyl groups excluding tert-OH is 5. The lowest BCUT2D eigenvalue weighted by atomic mass is 9.99. The smallest absolute Gasteiger partial charge is 0.305 e. The zero-order chi connectivity index (χ0) is 53.8. The lowest BCUT2D eigenvalue weighted by Gasteiger charge is -2.40. The van der Waals surface area contributed by atoms with Crippen LogP contribution >= 0.6 is 0 Å². The summed E-state index contributed by atoms with van der Waals surface area (Å²) in [5.74, 6) is -0.264. The molecule has 1 heterocycles. The van der Waals surface area contributed by atoms with Crippen molar-refractivity contribution in [3.8, 4) is 0 Å². The van der Waals surface area contributed by atoms with Crippen molar-refractivity contribution >= 4 is 11.9 Å². The van der Waals surface area contributed by atoms with Gasteiger partial charge in [-0.25, -0.2) is 0 Å². The van der Waals surface area contributed by atoms with E-state index in [1.807, 2.05) is 6.08 Å². The van der Waals surface area contributed by atoms with Gasteiger partial charge in [0.15, 0.2) is 6.29 Å². The summed E-state index contributed by atoms with van der Waals surface area (Å²) >= 11 is 0. The largest absolute Gasteiger partial charge is 0.466 e. The van der Waals surface area contributed by atoms with E-state index in [0.29, 0.717) is 25.9 Å². The van der Waals surface area contributed by atoms with Crippen LogP contribution in [0.4, 0.5) is 0 Å². The highest BCUT2D eigenvalue weighted by Crippen LogP contribution is 2.23. The molecule has 74 heavy (non-hydrogen) atoms. The van der Waals surface area contributed by atoms with Crippen molar-refractivity contribution in [2.45, 2.75) is 281 Å². The number of unbranched alkanes of at least 4 members (excludes halogenated alkanes) is 24. The van der Waals surface area contributed by atoms with Gasteiger partial charge >= 0.3 is 5.97 Å². The average molecular weight is 1040 g/mol. The number of carbonyl (C=O) groups is 2. The van der Waals surface area contributed by atoms with E-state index in [1.54, 1.807) is 6.08 Å². The number of rotatable bonds is 50. The molecule has 7 atom stereocenters. The number of amides is 1. The predicted molar refractivity (Wildman–Crippen MR) is 306 cm³/mol. The molecule has 0 aromatic carbocycles. The van der Waals surface area contributed by atoms with Gasteiger partial charge in [0.1, 0.15) is 24.4 Å². The fourth-order valence-corrected chi connectivity index (χ4v) is 8.63. The molecular formula is C63H109NO10. The number of aliphatic hydroxyl groups is 5. The third-order valence-electron chi connectivity index (χ3n) is 13.4. The fourth-order valence-electron chi connectivity index (χ4n) is 8.63. The van der Waals surface area contributed by atoms with Crippen LogP contribution in [0, 0.1) is 0 Å². The number of allylic oxidation sites excluding steroid dienone is 13. The first-order chi connectivity index (χ1) is 36.2. The van der Waals surface area contributed by atoms with E-state index in [-0.39, 0.29) is 18.5 Å². The van der Waals surface area contributed by atoms with E-state index in [9.17, 15) is 35.1 Å². The molecule has 1 rings (SSSR count). The maximum absolute atomic E-state index is 13.0. The number of hydrogen-bond donors (Lipinski definition) is 6. The van der Waals surface area contributed by atoms with Crippen molar-refractivity contribution in [1.29, 1.82) is 0 Å². The van der Waals surface area contributed by atoms with Gasteiger partial charge in [0.05, 0.1) is 32.0 Å². The van der Waals surface area contributed by atoms with E-state index in [0.717, 1.165) is 122 Å². The van der Waals surface area contributed by atoms with Gasteiger partial charge in [0.2, 0.25) is 5.91 Å². The molecule has 11 nitrogen and oxygen atoms in total. The second kappa shape index (κ2) is 51.9. The number of carbonyl (C=O) groups excluding carboxylic acids is 2. The molecule has 0 spiro atoms. The summed E-state index contributed by atoms with van der Waals surface area (Å²) in [5, 5.41) is 54.4. The molecule has 0 saturated carbocycles. The average Bonchev–Trinajstić information content (AvgIpc) is 3.40. The fraction of sp³-hybridized carbons (Fsp3) is 0.746. The lowest BCUT2D eigenvalue weighted by Crippen LogP contribution is -2.60. The van der Waals surface area contributed by atoms with E-state index in [2.05, 4.69) is 92.1 Å². The molecule has 11 heteroatoms. The second-order valence-electron chi connectivity index (χ2n) is 20.3. The van der Waals surface area contributed by atoms with Gasteiger partial charge < -0.3 is 45.1 Å². The summed E-state index contributed by atoms with van der Waals surface area (Å²) in [6.07, 6.45) is 59.5. The first-order valence-electron chi connectivity index (χ1n) is 29.9. The Morgan fingerprint density at radius 3 is 1.46 bits per heavy atom. The van der Waals surface area contributed by atoms with Gasteiger partial charge in [0.25, 0.3) is 0 Å². The molecule has 0 aliphatic carbocycles. The molecule has 0 radical (unpaired) electrons. The van der Waals surface area contributed by atoms with E-state index in [1.165, 1.54) is 83.5 Å². The van der Waals surface area contributed by atoms with Gasteiger partial charge in [-0.3, -0.25) is 9.59 Å². The predicted octanol–water partition coefficient (Wildman–Crippen LogP) is 13.8. The van der Waals surface area contributed by atoms with Gasteiger partial charge in [-0.1, -0.05) is 189 Å².